The van der Waals surface area contributed by atoms with Crippen molar-refractivity contribution < 1.29 is 22.5 Å². The van der Waals surface area contributed by atoms with Gasteiger partial charge in [-0.3, -0.25) is 4.79 Å². The number of nitrogens with one attached hydrogen (secondary N) is 1. The van der Waals surface area contributed by atoms with E-state index in [0.717, 1.165) is 11.1 Å². The standard InChI is InChI=1S/C18H25N3O5S/c1-13(2)25-10-4-9-19-16(22)11-27(23,24)12-17-20-18(21-26-17)15-7-5-14(3)6-8-15/h5-8,13H,4,9-12H2,1-3H3,(H,19,22). The van der Waals surface area contributed by atoms with E-state index in [1.807, 2.05) is 45.0 Å². The number of benzene rings is 1. The van der Waals surface area contributed by atoms with Crippen LogP contribution in [0.1, 0.15) is 31.7 Å². The van der Waals surface area contributed by atoms with Crippen LogP contribution in [0, 0.1) is 6.92 Å². The molecule has 2 aromatic rings. The number of nitrogens with zero attached hydrogens (tertiary/aromatic N) is 2. The van der Waals surface area contributed by atoms with Crippen molar-refractivity contribution in [2.45, 2.75) is 39.0 Å². The molecule has 1 aromatic heterocycles. The second-order valence-electron chi connectivity index (χ2n) is 6.53. The van der Waals surface area contributed by atoms with Crippen molar-refractivity contribution >= 4 is 15.7 Å². The molecule has 0 aliphatic heterocycles. The summed E-state index contributed by atoms with van der Waals surface area (Å²) in [5.74, 6) is -1.38. The Labute approximate surface area is 159 Å². The van der Waals surface area contributed by atoms with Gasteiger partial charge in [0.1, 0.15) is 11.5 Å². The molecule has 1 N–H and O–H groups in total. The Morgan fingerprint density at radius 1 is 1.26 bits per heavy atom. The molecule has 0 unspecified atom stereocenters. The fourth-order valence-corrected chi connectivity index (χ4v) is 3.34. The number of carbonyl (C=O) groups is 1. The monoisotopic (exact) mass is 395 g/mol. The molecule has 0 radical (unpaired) electrons. The molecule has 8 nitrogen and oxygen atoms in total. The normalized spacial score (nSPS) is 11.7. The topological polar surface area (TPSA) is 111 Å². The highest BCUT2D eigenvalue weighted by Crippen LogP contribution is 2.17. The van der Waals surface area contributed by atoms with Crippen molar-refractivity contribution in [3.05, 3.63) is 35.7 Å². The number of aromatic nitrogens is 2. The van der Waals surface area contributed by atoms with E-state index >= 15 is 0 Å². The van der Waals surface area contributed by atoms with E-state index in [1.165, 1.54) is 0 Å². The fourth-order valence-electron chi connectivity index (χ4n) is 2.24. The van der Waals surface area contributed by atoms with Crippen LogP contribution < -0.4 is 5.32 Å². The average molecular weight is 395 g/mol. The zero-order chi connectivity index (χ0) is 19.9. The lowest BCUT2D eigenvalue weighted by Crippen LogP contribution is -2.32. The number of rotatable bonds is 10. The maximum Gasteiger partial charge on any atom is 0.242 e. The van der Waals surface area contributed by atoms with Gasteiger partial charge in [-0.15, -0.1) is 0 Å². The van der Waals surface area contributed by atoms with E-state index < -0.39 is 27.3 Å². The van der Waals surface area contributed by atoms with Gasteiger partial charge < -0.3 is 14.6 Å². The minimum absolute atomic E-state index is 0.0382. The van der Waals surface area contributed by atoms with Gasteiger partial charge in [0.25, 0.3) is 0 Å². The van der Waals surface area contributed by atoms with Crippen LogP contribution in [0.4, 0.5) is 0 Å². The molecule has 0 bridgehead atoms. The fraction of sp³-hybridized carbons (Fsp3) is 0.500. The molecule has 27 heavy (non-hydrogen) atoms. The summed E-state index contributed by atoms with van der Waals surface area (Å²) >= 11 is 0. The molecule has 1 aromatic carbocycles. The van der Waals surface area contributed by atoms with E-state index in [9.17, 15) is 13.2 Å². The number of sulfone groups is 1. The molecule has 1 heterocycles. The Bertz CT molecular complexity index is 844. The van der Waals surface area contributed by atoms with E-state index in [2.05, 4.69) is 15.5 Å². The van der Waals surface area contributed by atoms with Gasteiger partial charge in [-0.25, -0.2) is 8.42 Å². The predicted octanol–water partition coefficient (Wildman–Crippen LogP) is 1.89. The van der Waals surface area contributed by atoms with Crippen LogP contribution in [0.15, 0.2) is 28.8 Å². The second-order valence-corrected chi connectivity index (χ2v) is 8.60. The van der Waals surface area contributed by atoms with Crippen molar-refractivity contribution in [2.75, 3.05) is 18.9 Å². The van der Waals surface area contributed by atoms with Crippen molar-refractivity contribution in [2.24, 2.45) is 0 Å². The molecule has 0 atom stereocenters. The molecule has 0 spiro atoms. The van der Waals surface area contributed by atoms with Crippen LogP contribution in [0.5, 0.6) is 0 Å². The van der Waals surface area contributed by atoms with Gasteiger partial charge in [-0.05, 0) is 27.2 Å². The summed E-state index contributed by atoms with van der Waals surface area (Å²) < 4.78 is 34.7. The number of amides is 1. The van der Waals surface area contributed by atoms with Gasteiger partial charge in [-0.1, -0.05) is 35.0 Å². The van der Waals surface area contributed by atoms with Crippen molar-refractivity contribution in [3.8, 4) is 11.4 Å². The summed E-state index contributed by atoms with van der Waals surface area (Å²) in [5.41, 5.74) is 1.82. The van der Waals surface area contributed by atoms with E-state index in [4.69, 9.17) is 9.26 Å². The molecular formula is C18H25N3O5S. The summed E-state index contributed by atoms with van der Waals surface area (Å²) in [7, 11) is -3.71. The Morgan fingerprint density at radius 2 is 1.96 bits per heavy atom. The van der Waals surface area contributed by atoms with E-state index in [-0.39, 0.29) is 12.0 Å². The Hall–Kier alpha value is -2.26. The summed E-state index contributed by atoms with van der Waals surface area (Å²) in [6.45, 7) is 6.67. The van der Waals surface area contributed by atoms with Crippen molar-refractivity contribution in [1.29, 1.82) is 0 Å². The van der Waals surface area contributed by atoms with Crippen LogP contribution >= 0.6 is 0 Å². The van der Waals surface area contributed by atoms with Crippen LogP contribution in [0.3, 0.4) is 0 Å². The van der Waals surface area contributed by atoms with Gasteiger partial charge in [0.15, 0.2) is 9.84 Å². The highest BCUT2D eigenvalue weighted by Gasteiger charge is 2.21. The molecule has 148 valence electrons. The van der Waals surface area contributed by atoms with Gasteiger partial charge >= 0.3 is 0 Å². The number of carbonyl (C=O) groups excluding carboxylic acids is 1. The smallest absolute Gasteiger partial charge is 0.242 e. The van der Waals surface area contributed by atoms with Gasteiger partial charge in [0.2, 0.25) is 17.6 Å². The zero-order valence-electron chi connectivity index (χ0n) is 15.8. The van der Waals surface area contributed by atoms with Gasteiger partial charge in [0, 0.05) is 18.7 Å². The van der Waals surface area contributed by atoms with Gasteiger partial charge in [0.05, 0.1) is 6.10 Å². The summed E-state index contributed by atoms with van der Waals surface area (Å²) in [6, 6.07) is 7.46. The molecule has 0 aliphatic carbocycles. The minimum atomic E-state index is -3.71. The summed E-state index contributed by atoms with van der Waals surface area (Å²) in [5, 5.41) is 6.37. The van der Waals surface area contributed by atoms with E-state index in [0.29, 0.717) is 25.4 Å². The number of hydrogen-bond donors (Lipinski definition) is 1. The minimum Gasteiger partial charge on any atom is -0.379 e. The molecule has 9 heteroatoms. The summed E-state index contributed by atoms with van der Waals surface area (Å²) in [6.07, 6.45) is 0.744. The second kappa shape index (κ2) is 9.61. The molecule has 0 fully saturated rings. The molecule has 2 rings (SSSR count). The summed E-state index contributed by atoms with van der Waals surface area (Å²) in [4.78, 5) is 15.9. The number of aryl methyl sites for hydroxylation is 1. The Balaban J connectivity index is 1.83. The van der Waals surface area contributed by atoms with Crippen LogP contribution in [0.2, 0.25) is 0 Å². The molecule has 1 amide bonds. The van der Waals surface area contributed by atoms with Crippen molar-refractivity contribution in [3.63, 3.8) is 0 Å². The quantitative estimate of drug-likeness (QED) is 0.611. The highest BCUT2D eigenvalue weighted by molar-refractivity contribution is 7.91. The SMILES string of the molecule is Cc1ccc(-c2noc(CS(=O)(=O)CC(=O)NCCCOC(C)C)n2)cc1. The third-order valence-electron chi connectivity index (χ3n) is 3.57. The molecule has 0 saturated heterocycles. The highest BCUT2D eigenvalue weighted by atomic mass is 32.2. The van der Waals surface area contributed by atoms with Gasteiger partial charge in [-0.2, -0.15) is 4.98 Å². The van der Waals surface area contributed by atoms with E-state index in [1.54, 1.807) is 0 Å². The first-order valence-electron chi connectivity index (χ1n) is 8.73. The molecular weight excluding hydrogens is 370 g/mol. The Morgan fingerprint density at radius 3 is 2.63 bits per heavy atom. The van der Waals surface area contributed by atoms with Crippen molar-refractivity contribution in [1.82, 2.24) is 15.5 Å². The average Bonchev–Trinajstić information content (AvgIpc) is 3.02. The largest absolute Gasteiger partial charge is 0.379 e. The Kier molecular flexibility index (Phi) is 7.49. The number of ether oxygens (including phenoxy) is 1. The first-order chi connectivity index (χ1) is 12.7. The first kappa shape index (κ1) is 21.0. The van der Waals surface area contributed by atoms with Crippen LogP contribution in [0.25, 0.3) is 11.4 Å². The van der Waals surface area contributed by atoms with Crippen LogP contribution in [-0.4, -0.2) is 49.5 Å². The number of hydrogen-bond acceptors (Lipinski definition) is 7. The zero-order valence-corrected chi connectivity index (χ0v) is 16.6. The third kappa shape index (κ3) is 7.48. The lowest BCUT2D eigenvalue weighted by molar-refractivity contribution is -0.118. The maximum absolute atomic E-state index is 12.2. The molecule has 0 aliphatic rings. The first-order valence-corrected chi connectivity index (χ1v) is 10.6. The van der Waals surface area contributed by atoms with Crippen LogP contribution in [-0.2, 0) is 25.1 Å². The maximum atomic E-state index is 12.2. The third-order valence-corrected chi connectivity index (χ3v) is 4.96. The lowest BCUT2D eigenvalue weighted by Gasteiger charge is -2.08. The lowest BCUT2D eigenvalue weighted by atomic mass is 10.1. The predicted molar refractivity (Wildman–Crippen MR) is 101 cm³/mol. The molecule has 0 saturated carbocycles.